The molecule has 0 radical (unpaired) electrons. The summed E-state index contributed by atoms with van der Waals surface area (Å²) >= 11 is 0. The predicted molar refractivity (Wildman–Crippen MR) is 64.0 cm³/mol. The van der Waals surface area contributed by atoms with E-state index >= 15 is 0 Å². The first-order valence-electron chi connectivity index (χ1n) is 6.18. The van der Waals surface area contributed by atoms with E-state index in [1.165, 1.54) is 44.6 Å². The lowest BCUT2D eigenvalue weighted by Gasteiger charge is -2.31. The first-order chi connectivity index (χ1) is 7.36. The monoisotopic (exact) mass is 209 g/mol. The van der Waals surface area contributed by atoms with Crippen molar-refractivity contribution in [3.8, 4) is 0 Å². The number of piperidine rings is 1. The summed E-state index contributed by atoms with van der Waals surface area (Å²) in [4.78, 5) is 2.53. The first kappa shape index (κ1) is 11.1. The number of nitrogens with zero attached hydrogens (tertiary/aromatic N) is 1. The highest BCUT2D eigenvalue weighted by Crippen LogP contribution is 2.20. The highest BCUT2D eigenvalue weighted by molar-refractivity contribution is 5.05. The summed E-state index contributed by atoms with van der Waals surface area (Å²) in [5.74, 6) is 0.765. The number of nitrogens with one attached hydrogen (secondary N) is 2. The van der Waals surface area contributed by atoms with Gasteiger partial charge in [-0.2, -0.15) is 0 Å². The Morgan fingerprint density at radius 2 is 1.67 bits per heavy atom. The normalized spacial score (nSPS) is 25.3. The van der Waals surface area contributed by atoms with Crippen molar-refractivity contribution >= 4 is 0 Å². The summed E-state index contributed by atoms with van der Waals surface area (Å²) in [7, 11) is 0. The average molecular weight is 209 g/mol. The van der Waals surface area contributed by atoms with Crippen LogP contribution in [0.4, 0.5) is 0 Å². The molecule has 0 saturated carbocycles. The molecule has 2 saturated heterocycles. The van der Waals surface area contributed by atoms with Crippen LogP contribution >= 0.6 is 0 Å². The Bertz CT molecular complexity index is 203. The zero-order valence-corrected chi connectivity index (χ0v) is 9.60. The van der Waals surface area contributed by atoms with Gasteiger partial charge in [-0.3, -0.25) is 4.90 Å². The summed E-state index contributed by atoms with van der Waals surface area (Å²) in [5, 5.41) is 6.79. The van der Waals surface area contributed by atoms with Gasteiger partial charge in [0.1, 0.15) is 0 Å². The number of hydrogen-bond acceptors (Lipinski definition) is 3. The van der Waals surface area contributed by atoms with Crippen LogP contribution in [0.1, 0.15) is 12.8 Å². The summed E-state index contributed by atoms with van der Waals surface area (Å²) < 4.78 is 0. The Labute approximate surface area is 92.9 Å². The van der Waals surface area contributed by atoms with Crippen LogP contribution in [0.25, 0.3) is 0 Å². The highest BCUT2D eigenvalue weighted by atomic mass is 15.2. The van der Waals surface area contributed by atoms with Crippen LogP contribution in [0.3, 0.4) is 0 Å². The zero-order chi connectivity index (χ0) is 10.5. The molecule has 0 amide bonds. The Hall–Kier alpha value is -0.380. The standard InChI is InChI=1S/C12H23N3/c1-11(12-2-4-13-5-3-12)10-15-8-6-14-7-9-15/h12-14H,1-10H2. The topological polar surface area (TPSA) is 27.3 Å². The smallest absolute Gasteiger partial charge is 0.0194 e. The lowest BCUT2D eigenvalue weighted by molar-refractivity contribution is 0.248. The van der Waals surface area contributed by atoms with E-state index in [2.05, 4.69) is 22.1 Å². The van der Waals surface area contributed by atoms with Gasteiger partial charge < -0.3 is 10.6 Å². The SMILES string of the molecule is C=C(CN1CCNCC1)C1CCNCC1. The largest absolute Gasteiger partial charge is 0.317 e. The molecule has 3 nitrogen and oxygen atoms in total. The second-order valence-electron chi connectivity index (χ2n) is 4.71. The molecule has 0 bridgehead atoms. The van der Waals surface area contributed by atoms with E-state index in [0.29, 0.717) is 0 Å². The van der Waals surface area contributed by atoms with Gasteiger partial charge in [-0.05, 0) is 31.8 Å². The molecule has 2 rings (SSSR count). The van der Waals surface area contributed by atoms with Gasteiger partial charge in [-0.1, -0.05) is 12.2 Å². The second kappa shape index (κ2) is 5.64. The fourth-order valence-electron chi connectivity index (χ4n) is 2.52. The van der Waals surface area contributed by atoms with Crippen LogP contribution in [-0.4, -0.2) is 50.7 Å². The van der Waals surface area contributed by atoms with Gasteiger partial charge in [0.15, 0.2) is 0 Å². The van der Waals surface area contributed by atoms with Crippen LogP contribution in [0.5, 0.6) is 0 Å². The Balaban J connectivity index is 1.74. The van der Waals surface area contributed by atoms with Crippen molar-refractivity contribution in [2.45, 2.75) is 12.8 Å². The molecule has 0 atom stereocenters. The molecule has 0 unspecified atom stereocenters. The molecular weight excluding hydrogens is 186 g/mol. The van der Waals surface area contributed by atoms with Gasteiger partial charge in [-0.15, -0.1) is 0 Å². The van der Waals surface area contributed by atoms with Crippen LogP contribution in [0.15, 0.2) is 12.2 Å². The van der Waals surface area contributed by atoms with Gasteiger partial charge in [0, 0.05) is 32.7 Å². The number of hydrogen-bond donors (Lipinski definition) is 2. The highest BCUT2D eigenvalue weighted by Gasteiger charge is 2.18. The lowest BCUT2D eigenvalue weighted by Crippen LogP contribution is -2.44. The van der Waals surface area contributed by atoms with Gasteiger partial charge in [0.05, 0.1) is 0 Å². The van der Waals surface area contributed by atoms with E-state index in [1.54, 1.807) is 0 Å². The number of rotatable bonds is 3. The first-order valence-corrected chi connectivity index (χ1v) is 6.18. The maximum Gasteiger partial charge on any atom is 0.0194 e. The second-order valence-corrected chi connectivity index (χ2v) is 4.71. The molecule has 3 heteroatoms. The van der Waals surface area contributed by atoms with E-state index in [0.717, 1.165) is 25.6 Å². The minimum Gasteiger partial charge on any atom is -0.317 e. The molecule has 2 heterocycles. The molecule has 0 aromatic rings. The molecule has 0 spiro atoms. The molecule has 0 aromatic heterocycles. The fraction of sp³-hybridized carbons (Fsp3) is 0.833. The van der Waals surface area contributed by atoms with Crippen LogP contribution in [0.2, 0.25) is 0 Å². The summed E-state index contributed by atoms with van der Waals surface area (Å²) in [6, 6.07) is 0. The van der Waals surface area contributed by atoms with Crippen molar-refractivity contribution in [2.24, 2.45) is 5.92 Å². The average Bonchev–Trinajstić information content (AvgIpc) is 2.31. The predicted octanol–water partition coefficient (Wildman–Crippen LogP) is 0.447. The van der Waals surface area contributed by atoms with Crippen LogP contribution < -0.4 is 10.6 Å². The van der Waals surface area contributed by atoms with E-state index in [4.69, 9.17) is 0 Å². The molecule has 86 valence electrons. The van der Waals surface area contributed by atoms with Crippen molar-refractivity contribution in [3.63, 3.8) is 0 Å². The van der Waals surface area contributed by atoms with Gasteiger partial charge in [-0.25, -0.2) is 0 Å². The quantitative estimate of drug-likeness (QED) is 0.661. The Morgan fingerprint density at radius 3 is 2.33 bits per heavy atom. The Morgan fingerprint density at radius 1 is 1.07 bits per heavy atom. The Kier molecular flexibility index (Phi) is 4.18. The van der Waals surface area contributed by atoms with Crippen molar-refractivity contribution in [1.82, 2.24) is 15.5 Å². The summed E-state index contributed by atoms with van der Waals surface area (Å²) in [5.41, 5.74) is 1.46. The summed E-state index contributed by atoms with van der Waals surface area (Å²) in [6.45, 7) is 12.4. The molecule has 2 fully saturated rings. The van der Waals surface area contributed by atoms with E-state index in [9.17, 15) is 0 Å². The molecule has 0 aromatic carbocycles. The van der Waals surface area contributed by atoms with Gasteiger partial charge in [0.2, 0.25) is 0 Å². The fourth-order valence-corrected chi connectivity index (χ4v) is 2.52. The van der Waals surface area contributed by atoms with Gasteiger partial charge >= 0.3 is 0 Å². The third kappa shape index (κ3) is 3.30. The molecule has 15 heavy (non-hydrogen) atoms. The summed E-state index contributed by atoms with van der Waals surface area (Å²) in [6.07, 6.45) is 2.57. The third-order valence-electron chi connectivity index (χ3n) is 3.55. The minimum atomic E-state index is 0.765. The zero-order valence-electron chi connectivity index (χ0n) is 9.60. The van der Waals surface area contributed by atoms with E-state index in [-0.39, 0.29) is 0 Å². The molecule has 2 aliphatic rings. The van der Waals surface area contributed by atoms with Crippen molar-refractivity contribution in [2.75, 3.05) is 45.8 Å². The maximum atomic E-state index is 4.28. The van der Waals surface area contributed by atoms with Crippen molar-refractivity contribution in [3.05, 3.63) is 12.2 Å². The minimum absolute atomic E-state index is 0.765. The molecule has 2 aliphatic heterocycles. The van der Waals surface area contributed by atoms with Crippen LogP contribution in [-0.2, 0) is 0 Å². The lowest BCUT2D eigenvalue weighted by atomic mass is 9.90. The third-order valence-corrected chi connectivity index (χ3v) is 3.55. The molecule has 2 N–H and O–H groups in total. The molecule has 0 aliphatic carbocycles. The van der Waals surface area contributed by atoms with Crippen molar-refractivity contribution < 1.29 is 0 Å². The van der Waals surface area contributed by atoms with Crippen molar-refractivity contribution in [1.29, 1.82) is 0 Å². The van der Waals surface area contributed by atoms with E-state index < -0.39 is 0 Å². The van der Waals surface area contributed by atoms with Gasteiger partial charge in [0.25, 0.3) is 0 Å². The van der Waals surface area contributed by atoms with Crippen LogP contribution in [0, 0.1) is 5.92 Å². The maximum absolute atomic E-state index is 4.28. The number of piperazine rings is 1. The molecular formula is C12H23N3. The van der Waals surface area contributed by atoms with E-state index in [1.807, 2.05) is 0 Å².